The zero-order chi connectivity index (χ0) is 15.2. The molecule has 0 atom stereocenters. The summed E-state index contributed by atoms with van der Waals surface area (Å²) < 4.78 is 1.67. The molecule has 0 spiro atoms. The number of aliphatic hydroxyl groups excluding tert-OH is 1. The maximum atomic E-state index is 12.2. The number of carbonyl (C=O) groups excluding carboxylic acids is 1. The second-order valence-electron chi connectivity index (χ2n) is 4.05. The van der Waals surface area contributed by atoms with Gasteiger partial charge in [-0.05, 0) is 56.1 Å². The van der Waals surface area contributed by atoms with Gasteiger partial charge in [-0.3, -0.25) is 4.79 Å². The first-order chi connectivity index (χ1) is 10.1. The third-order valence-corrected chi connectivity index (χ3v) is 4.83. The van der Waals surface area contributed by atoms with E-state index in [-0.39, 0.29) is 12.5 Å². The molecule has 1 aromatic carbocycles. The number of hydrogen-bond donors (Lipinski definition) is 2. The highest BCUT2D eigenvalue weighted by atomic mass is 79.9. The van der Waals surface area contributed by atoms with Gasteiger partial charge in [-0.15, -0.1) is 11.3 Å². The van der Waals surface area contributed by atoms with Crippen LogP contribution in [0.15, 0.2) is 37.9 Å². The molecule has 0 radical (unpaired) electrons. The quantitative estimate of drug-likeness (QED) is 0.717. The molecule has 21 heavy (non-hydrogen) atoms. The molecule has 0 aliphatic heterocycles. The largest absolute Gasteiger partial charge is 0.395 e. The van der Waals surface area contributed by atoms with Crippen molar-refractivity contribution in [2.24, 2.45) is 0 Å². The number of aliphatic hydroxyl groups is 1. The number of carbonyl (C=O) groups is 1. The van der Waals surface area contributed by atoms with Crippen molar-refractivity contribution in [2.75, 3.05) is 11.9 Å². The van der Waals surface area contributed by atoms with Crippen LogP contribution in [0.25, 0.3) is 0 Å². The summed E-state index contributed by atoms with van der Waals surface area (Å²) in [7, 11) is 0. The van der Waals surface area contributed by atoms with Crippen LogP contribution in [0.2, 0.25) is 0 Å². The molecule has 0 saturated carbocycles. The van der Waals surface area contributed by atoms with Gasteiger partial charge in [-0.25, -0.2) is 0 Å². The SMILES string of the molecule is O=C(Nc1cccc(C#CCCO)c1)c1cc(Br)sc1Br. The van der Waals surface area contributed by atoms with Gasteiger partial charge in [-0.1, -0.05) is 17.9 Å². The third kappa shape index (κ3) is 4.68. The number of benzene rings is 1. The molecule has 0 saturated heterocycles. The fourth-order valence-corrected chi connectivity index (χ4v) is 4.38. The van der Waals surface area contributed by atoms with Crippen molar-refractivity contribution in [1.29, 1.82) is 0 Å². The summed E-state index contributed by atoms with van der Waals surface area (Å²) in [6.07, 6.45) is 0.437. The molecule has 1 aromatic heterocycles. The van der Waals surface area contributed by atoms with Crippen molar-refractivity contribution < 1.29 is 9.90 Å². The minimum atomic E-state index is -0.177. The molecule has 2 N–H and O–H groups in total. The van der Waals surface area contributed by atoms with Crippen LogP contribution in [0.1, 0.15) is 22.3 Å². The zero-order valence-electron chi connectivity index (χ0n) is 10.8. The average molecular weight is 429 g/mol. The maximum absolute atomic E-state index is 12.2. The molecule has 1 amide bonds. The lowest BCUT2D eigenvalue weighted by atomic mass is 10.2. The highest BCUT2D eigenvalue weighted by Crippen LogP contribution is 2.32. The second-order valence-corrected chi connectivity index (χ2v) is 7.80. The summed E-state index contributed by atoms with van der Waals surface area (Å²) in [6.45, 7) is 0.0461. The molecule has 1 heterocycles. The zero-order valence-corrected chi connectivity index (χ0v) is 14.8. The van der Waals surface area contributed by atoms with Gasteiger partial charge in [0.2, 0.25) is 0 Å². The Bertz CT molecular complexity index is 716. The molecule has 0 aliphatic carbocycles. The van der Waals surface area contributed by atoms with E-state index in [9.17, 15) is 4.79 Å². The number of hydrogen-bond acceptors (Lipinski definition) is 3. The van der Waals surface area contributed by atoms with Crippen molar-refractivity contribution in [1.82, 2.24) is 0 Å². The van der Waals surface area contributed by atoms with Crippen LogP contribution in [0.3, 0.4) is 0 Å². The van der Waals surface area contributed by atoms with Crippen LogP contribution in [0.5, 0.6) is 0 Å². The molecule has 0 bridgehead atoms. The van der Waals surface area contributed by atoms with E-state index in [0.717, 1.165) is 13.1 Å². The summed E-state index contributed by atoms with van der Waals surface area (Å²) in [6, 6.07) is 9.07. The molecule has 0 fully saturated rings. The highest BCUT2D eigenvalue weighted by molar-refractivity contribution is 9.12. The van der Waals surface area contributed by atoms with Crippen LogP contribution in [0, 0.1) is 11.8 Å². The van der Waals surface area contributed by atoms with Crippen molar-refractivity contribution in [3.8, 4) is 11.8 Å². The number of nitrogens with one attached hydrogen (secondary N) is 1. The molecule has 0 aliphatic rings. The van der Waals surface area contributed by atoms with Gasteiger partial charge in [0.25, 0.3) is 5.91 Å². The minimum absolute atomic E-state index is 0.0461. The Morgan fingerprint density at radius 1 is 1.33 bits per heavy atom. The lowest BCUT2D eigenvalue weighted by Crippen LogP contribution is -2.11. The smallest absolute Gasteiger partial charge is 0.257 e. The Morgan fingerprint density at radius 2 is 2.14 bits per heavy atom. The summed E-state index contributed by atoms with van der Waals surface area (Å²) in [5.74, 6) is 5.61. The number of anilines is 1. The first-order valence-corrected chi connectivity index (χ1v) is 8.46. The number of thiophene rings is 1. The first-order valence-electron chi connectivity index (χ1n) is 6.06. The summed E-state index contributed by atoms with van der Waals surface area (Å²) in [5, 5.41) is 11.5. The van der Waals surface area contributed by atoms with Crippen molar-refractivity contribution in [3.05, 3.63) is 49.0 Å². The lowest BCUT2D eigenvalue weighted by molar-refractivity contribution is 0.102. The predicted octanol–water partition coefficient (Wildman–Crippen LogP) is 4.26. The van der Waals surface area contributed by atoms with Crippen LogP contribution in [0.4, 0.5) is 5.69 Å². The van der Waals surface area contributed by atoms with Crippen LogP contribution in [-0.4, -0.2) is 17.6 Å². The van der Waals surface area contributed by atoms with Gasteiger partial charge < -0.3 is 10.4 Å². The van der Waals surface area contributed by atoms with Crippen LogP contribution in [-0.2, 0) is 0 Å². The van der Waals surface area contributed by atoms with Crippen LogP contribution < -0.4 is 5.32 Å². The molecular weight excluding hydrogens is 418 g/mol. The van der Waals surface area contributed by atoms with E-state index in [2.05, 4.69) is 49.0 Å². The lowest BCUT2D eigenvalue weighted by Gasteiger charge is -2.04. The van der Waals surface area contributed by atoms with E-state index in [0.29, 0.717) is 17.7 Å². The van der Waals surface area contributed by atoms with E-state index in [1.54, 1.807) is 12.1 Å². The van der Waals surface area contributed by atoms with Gasteiger partial charge in [0.1, 0.15) is 0 Å². The van der Waals surface area contributed by atoms with Gasteiger partial charge in [-0.2, -0.15) is 0 Å². The molecule has 0 unspecified atom stereocenters. The Labute approximate surface area is 143 Å². The highest BCUT2D eigenvalue weighted by Gasteiger charge is 2.13. The normalized spacial score (nSPS) is 9.86. The number of rotatable bonds is 3. The van der Waals surface area contributed by atoms with Gasteiger partial charge in [0, 0.05) is 17.7 Å². The summed E-state index contributed by atoms with van der Waals surface area (Å²) >= 11 is 8.17. The van der Waals surface area contributed by atoms with Crippen molar-refractivity contribution >= 4 is 54.8 Å². The predicted molar refractivity (Wildman–Crippen MR) is 92.7 cm³/mol. The van der Waals surface area contributed by atoms with E-state index >= 15 is 0 Å². The maximum Gasteiger partial charge on any atom is 0.257 e. The Morgan fingerprint density at radius 3 is 2.81 bits per heavy atom. The Balaban J connectivity index is 2.13. The van der Waals surface area contributed by atoms with Crippen molar-refractivity contribution in [2.45, 2.75) is 6.42 Å². The van der Waals surface area contributed by atoms with Gasteiger partial charge >= 0.3 is 0 Å². The number of amides is 1. The standard InChI is InChI=1S/C15H11Br2NO2S/c16-13-9-12(14(17)21-13)15(20)18-11-6-3-5-10(8-11)4-1-2-7-19/h3,5-6,8-9,19H,2,7H2,(H,18,20). The Hall–Kier alpha value is -1.13. The molecule has 2 aromatic rings. The average Bonchev–Trinajstić information content (AvgIpc) is 2.78. The fraction of sp³-hybridized carbons (Fsp3) is 0.133. The minimum Gasteiger partial charge on any atom is -0.395 e. The van der Waals surface area contributed by atoms with E-state index in [4.69, 9.17) is 5.11 Å². The summed E-state index contributed by atoms with van der Waals surface area (Å²) in [5.41, 5.74) is 2.07. The molecule has 3 nitrogen and oxygen atoms in total. The second kappa shape index (κ2) is 7.76. The van der Waals surface area contributed by atoms with E-state index in [1.165, 1.54) is 11.3 Å². The van der Waals surface area contributed by atoms with Crippen molar-refractivity contribution in [3.63, 3.8) is 0 Å². The monoisotopic (exact) mass is 427 g/mol. The fourth-order valence-electron chi connectivity index (χ4n) is 1.59. The van der Waals surface area contributed by atoms with Gasteiger partial charge in [0.05, 0.1) is 19.7 Å². The van der Waals surface area contributed by atoms with E-state index < -0.39 is 0 Å². The summed E-state index contributed by atoms with van der Waals surface area (Å²) in [4.78, 5) is 12.2. The van der Waals surface area contributed by atoms with Crippen LogP contribution >= 0.6 is 43.2 Å². The van der Waals surface area contributed by atoms with E-state index in [1.807, 2.05) is 18.2 Å². The third-order valence-electron chi connectivity index (χ3n) is 2.49. The molecule has 2 rings (SSSR count). The molecule has 6 heteroatoms. The number of halogens is 2. The van der Waals surface area contributed by atoms with Gasteiger partial charge in [0.15, 0.2) is 0 Å². The topological polar surface area (TPSA) is 49.3 Å². The Kier molecular flexibility index (Phi) is 6.00. The first kappa shape index (κ1) is 16.2. The molecule has 108 valence electrons. The molecular formula is C15H11Br2NO2S.